The number of hydrogen-bond acceptors (Lipinski definition) is 4. The minimum atomic E-state index is 0.224. The van der Waals surface area contributed by atoms with Crippen molar-refractivity contribution in [3.63, 3.8) is 0 Å². The first-order valence-corrected chi connectivity index (χ1v) is 7.96. The van der Waals surface area contributed by atoms with Crippen LogP contribution in [0.5, 0.6) is 5.75 Å². The van der Waals surface area contributed by atoms with Gasteiger partial charge in [0.2, 0.25) is 0 Å². The number of nitrogens with two attached hydrogens (primary N) is 1. The molecule has 4 nitrogen and oxygen atoms in total. The van der Waals surface area contributed by atoms with Gasteiger partial charge >= 0.3 is 0 Å². The Labute approximate surface area is 147 Å². The van der Waals surface area contributed by atoms with Crippen molar-refractivity contribution in [1.82, 2.24) is 4.98 Å². The van der Waals surface area contributed by atoms with E-state index in [1.165, 1.54) is 0 Å². The number of aromatic nitrogens is 1. The molecule has 0 aliphatic heterocycles. The van der Waals surface area contributed by atoms with Crippen molar-refractivity contribution < 1.29 is 4.74 Å². The van der Waals surface area contributed by atoms with E-state index in [-0.39, 0.29) is 5.82 Å². The van der Waals surface area contributed by atoms with Gasteiger partial charge in [-0.15, -0.1) is 0 Å². The van der Waals surface area contributed by atoms with Gasteiger partial charge in [0.25, 0.3) is 0 Å². The summed E-state index contributed by atoms with van der Waals surface area (Å²) in [6.07, 6.45) is 0. The first-order chi connectivity index (χ1) is 12.0. The summed E-state index contributed by atoms with van der Waals surface area (Å²) in [6.45, 7) is 4.07. The Kier molecular flexibility index (Phi) is 4.40. The molecule has 25 heavy (non-hydrogen) atoms. The first-order valence-electron chi connectivity index (χ1n) is 7.96. The second-order valence-corrected chi connectivity index (χ2v) is 5.95. The third kappa shape index (κ3) is 3.05. The molecule has 0 saturated carbocycles. The predicted octanol–water partition coefficient (Wildman–Crippen LogP) is 4.49. The molecule has 0 aliphatic rings. The summed E-state index contributed by atoms with van der Waals surface area (Å²) in [4.78, 5) is 4.47. The van der Waals surface area contributed by atoms with Gasteiger partial charge < -0.3 is 10.5 Å². The number of nitriles is 1. The summed E-state index contributed by atoms with van der Waals surface area (Å²) in [5, 5.41) is 9.57. The molecule has 2 aromatic carbocycles. The second kappa shape index (κ2) is 6.66. The highest BCUT2D eigenvalue weighted by molar-refractivity contribution is 5.83. The van der Waals surface area contributed by atoms with Gasteiger partial charge in [-0.2, -0.15) is 5.26 Å². The number of methoxy groups -OCH3 is 1. The number of hydrogen-bond donors (Lipinski definition) is 1. The molecular formula is C21H19N3O. The fourth-order valence-corrected chi connectivity index (χ4v) is 2.91. The van der Waals surface area contributed by atoms with E-state index in [1.54, 1.807) is 7.11 Å². The van der Waals surface area contributed by atoms with E-state index < -0.39 is 0 Å². The molecular weight excluding hydrogens is 310 g/mol. The van der Waals surface area contributed by atoms with Gasteiger partial charge in [-0.25, -0.2) is 4.98 Å². The van der Waals surface area contributed by atoms with Crippen LogP contribution >= 0.6 is 0 Å². The molecule has 0 saturated heterocycles. The van der Waals surface area contributed by atoms with Crippen LogP contribution in [0.4, 0.5) is 5.82 Å². The van der Waals surface area contributed by atoms with Crippen LogP contribution in [0.15, 0.2) is 48.5 Å². The van der Waals surface area contributed by atoms with Gasteiger partial charge in [0.15, 0.2) is 0 Å². The number of ether oxygens (including phenoxy) is 1. The monoisotopic (exact) mass is 329 g/mol. The van der Waals surface area contributed by atoms with E-state index in [2.05, 4.69) is 29.3 Å². The molecule has 2 N–H and O–H groups in total. The Morgan fingerprint density at radius 1 is 1.00 bits per heavy atom. The molecule has 0 fully saturated rings. The highest BCUT2D eigenvalue weighted by Gasteiger charge is 2.17. The number of benzene rings is 2. The van der Waals surface area contributed by atoms with Crippen molar-refractivity contribution in [2.75, 3.05) is 12.8 Å². The van der Waals surface area contributed by atoms with Gasteiger partial charge in [0.05, 0.1) is 12.8 Å². The largest absolute Gasteiger partial charge is 0.496 e. The van der Waals surface area contributed by atoms with Crippen molar-refractivity contribution in [3.8, 4) is 34.2 Å². The molecule has 0 radical (unpaired) electrons. The van der Waals surface area contributed by atoms with Crippen LogP contribution in [0.25, 0.3) is 22.4 Å². The Morgan fingerprint density at radius 3 is 2.48 bits per heavy atom. The number of para-hydroxylation sites is 1. The normalized spacial score (nSPS) is 10.3. The Hall–Kier alpha value is -3.32. The molecule has 3 rings (SSSR count). The van der Waals surface area contributed by atoms with E-state index in [1.807, 2.05) is 44.2 Å². The van der Waals surface area contributed by atoms with Gasteiger partial charge in [-0.3, -0.25) is 0 Å². The average molecular weight is 329 g/mol. The summed E-state index contributed by atoms with van der Waals surface area (Å²) in [5.74, 6) is 0.915. The van der Waals surface area contributed by atoms with E-state index in [0.717, 1.165) is 33.5 Å². The maximum Gasteiger partial charge on any atom is 0.142 e. The fourth-order valence-electron chi connectivity index (χ4n) is 2.91. The Bertz CT molecular complexity index is 987. The van der Waals surface area contributed by atoms with E-state index in [4.69, 9.17) is 10.5 Å². The van der Waals surface area contributed by atoms with Crippen LogP contribution in [-0.4, -0.2) is 12.1 Å². The molecule has 4 heteroatoms. The van der Waals surface area contributed by atoms with Crippen molar-refractivity contribution in [1.29, 1.82) is 5.26 Å². The molecule has 1 heterocycles. The minimum Gasteiger partial charge on any atom is -0.496 e. The van der Waals surface area contributed by atoms with E-state index in [9.17, 15) is 5.26 Å². The lowest BCUT2D eigenvalue weighted by Gasteiger charge is -2.14. The summed E-state index contributed by atoms with van der Waals surface area (Å²) >= 11 is 0. The van der Waals surface area contributed by atoms with Crippen LogP contribution < -0.4 is 10.5 Å². The van der Waals surface area contributed by atoms with Crippen LogP contribution in [0.1, 0.15) is 16.7 Å². The zero-order chi connectivity index (χ0) is 18.0. The van der Waals surface area contributed by atoms with E-state index in [0.29, 0.717) is 11.3 Å². The van der Waals surface area contributed by atoms with Crippen molar-refractivity contribution >= 4 is 5.82 Å². The van der Waals surface area contributed by atoms with Crippen LogP contribution in [0.3, 0.4) is 0 Å². The number of anilines is 1. The molecule has 0 amide bonds. The highest BCUT2D eigenvalue weighted by Crippen LogP contribution is 2.36. The lowest BCUT2D eigenvalue weighted by Crippen LogP contribution is -2.01. The summed E-state index contributed by atoms with van der Waals surface area (Å²) in [7, 11) is 1.61. The third-order valence-corrected chi connectivity index (χ3v) is 4.23. The lowest BCUT2D eigenvalue weighted by molar-refractivity contribution is 0.416. The quantitative estimate of drug-likeness (QED) is 0.768. The fraction of sp³-hybridized carbons (Fsp3) is 0.143. The molecule has 0 bridgehead atoms. The zero-order valence-electron chi connectivity index (χ0n) is 14.5. The number of rotatable bonds is 3. The second-order valence-electron chi connectivity index (χ2n) is 5.95. The Morgan fingerprint density at radius 2 is 1.76 bits per heavy atom. The first kappa shape index (κ1) is 16.5. The SMILES string of the molecule is COc1ccccc1-c1cc(-c2cc(C)ccc2C)nc(N)c1C#N. The number of nitrogens with zero attached hydrogens (tertiary/aromatic N) is 2. The summed E-state index contributed by atoms with van der Waals surface area (Å²) in [6, 6.07) is 17.9. The maximum absolute atomic E-state index is 9.57. The smallest absolute Gasteiger partial charge is 0.142 e. The number of pyridine rings is 1. The molecule has 0 unspecified atom stereocenters. The van der Waals surface area contributed by atoms with Crippen molar-refractivity contribution in [3.05, 3.63) is 65.2 Å². The van der Waals surface area contributed by atoms with Gasteiger partial charge in [-0.05, 0) is 37.6 Å². The Balaban J connectivity index is 2.31. The predicted molar refractivity (Wildman–Crippen MR) is 100 cm³/mol. The van der Waals surface area contributed by atoms with Gasteiger partial charge in [0.1, 0.15) is 23.2 Å². The maximum atomic E-state index is 9.57. The third-order valence-electron chi connectivity index (χ3n) is 4.23. The molecule has 1 aromatic heterocycles. The molecule has 0 spiro atoms. The number of aryl methyl sites for hydroxylation is 2. The molecule has 3 aromatic rings. The highest BCUT2D eigenvalue weighted by atomic mass is 16.5. The molecule has 0 aliphatic carbocycles. The summed E-state index contributed by atoms with van der Waals surface area (Å²) in [5.41, 5.74) is 12.0. The van der Waals surface area contributed by atoms with E-state index >= 15 is 0 Å². The van der Waals surface area contributed by atoms with Crippen molar-refractivity contribution in [2.45, 2.75) is 13.8 Å². The average Bonchev–Trinajstić information content (AvgIpc) is 2.63. The zero-order valence-corrected chi connectivity index (χ0v) is 14.5. The van der Waals surface area contributed by atoms with Crippen molar-refractivity contribution in [2.24, 2.45) is 0 Å². The van der Waals surface area contributed by atoms with Gasteiger partial charge in [0, 0.05) is 16.7 Å². The van der Waals surface area contributed by atoms with Crippen LogP contribution in [0.2, 0.25) is 0 Å². The molecule has 124 valence electrons. The minimum absolute atomic E-state index is 0.224. The van der Waals surface area contributed by atoms with Crippen LogP contribution in [-0.2, 0) is 0 Å². The van der Waals surface area contributed by atoms with Gasteiger partial charge in [-0.1, -0.05) is 35.9 Å². The lowest BCUT2D eigenvalue weighted by atomic mass is 9.95. The molecule has 0 atom stereocenters. The van der Waals surface area contributed by atoms with Crippen LogP contribution in [0, 0.1) is 25.2 Å². The standard InChI is InChI=1S/C21H19N3O/c1-13-8-9-14(2)16(10-13)19-11-17(18(12-22)21(23)24-19)15-6-4-5-7-20(15)25-3/h4-11H,1-3H3,(H2,23,24). The summed E-state index contributed by atoms with van der Waals surface area (Å²) < 4.78 is 5.46. The topological polar surface area (TPSA) is 71.9 Å². The number of nitrogen functional groups attached to an aromatic ring is 1.